The maximum absolute atomic E-state index is 12.7. The Morgan fingerprint density at radius 1 is 0.618 bits per heavy atom. The van der Waals surface area contributed by atoms with Crippen molar-refractivity contribution < 1.29 is 28.4 Å². The molecule has 0 aromatic heterocycles. The highest BCUT2D eigenvalue weighted by atomic mass is 31.2. The van der Waals surface area contributed by atoms with Crippen LogP contribution >= 0.6 is 7.82 Å². The van der Waals surface area contributed by atoms with E-state index < -0.39 is 20.0 Å². The topological polar surface area (TPSA) is 131 Å². The third-order valence-corrected chi connectivity index (χ3v) is 9.97. The molecule has 0 fully saturated rings. The van der Waals surface area contributed by atoms with Crippen LogP contribution in [0.1, 0.15) is 168 Å². The van der Waals surface area contributed by atoms with Crippen molar-refractivity contribution >= 4 is 13.7 Å². The van der Waals surface area contributed by atoms with Gasteiger partial charge in [-0.25, -0.2) is 4.57 Å². The van der Waals surface area contributed by atoms with Gasteiger partial charge in [-0.3, -0.25) is 13.8 Å². The number of nitrogens with one attached hydrogen (secondary N) is 1. The fourth-order valence-corrected chi connectivity index (χ4v) is 6.50. The van der Waals surface area contributed by atoms with Gasteiger partial charge < -0.3 is 21.1 Å². The lowest BCUT2D eigenvalue weighted by molar-refractivity contribution is -0.122. The molecule has 3 atom stereocenters. The van der Waals surface area contributed by atoms with E-state index in [4.69, 9.17) is 14.8 Å². The second-order valence-corrected chi connectivity index (χ2v) is 15.6. The van der Waals surface area contributed by atoms with Gasteiger partial charge >= 0.3 is 7.82 Å². The summed E-state index contributed by atoms with van der Waals surface area (Å²) in [6.07, 6.45) is 55.0. The largest absolute Gasteiger partial charge is 0.472 e. The molecule has 8 nitrogen and oxygen atoms in total. The number of carbonyl (C=O) groups excluding carboxylic acids is 1. The number of unbranched alkanes of at least 4 members (excludes halogenated alkanes) is 15. The number of phosphoric ester groups is 1. The van der Waals surface area contributed by atoms with Gasteiger partial charge in [-0.1, -0.05) is 189 Å². The molecule has 55 heavy (non-hydrogen) atoms. The van der Waals surface area contributed by atoms with E-state index in [9.17, 15) is 19.4 Å². The number of carbonyl (C=O) groups is 1. The lowest BCUT2D eigenvalue weighted by Crippen LogP contribution is -2.45. The Kier molecular flexibility index (Phi) is 39.6. The van der Waals surface area contributed by atoms with Crippen molar-refractivity contribution in [3.05, 3.63) is 85.1 Å². The highest BCUT2D eigenvalue weighted by Crippen LogP contribution is 2.43. The molecular weight excluding hydrogens is 707 g/mol. The lowest BCUT2D eigenvalue weighted by Gasteiger charge is -2.23. The van der Waals surface area contributed by atoms with Crippen molar-refractivity contribution in [3.63, 3.8) is 0 Å². The number of phosphoric acid groups is 1. The Morgan fingerprint density at radius 2 is 1.05 bits per heavy atom. The van der Waals surface area contributed by atoms with Crippen molar-refractivity contribution in [1.29, 1.82) is 0 Å². The van der Waals surface area contributed by atoms with Crippen LogP contribution in [0.25, 0.3) is 0 Å². The molecule has 0 aliphatic heterocycles. The number of aliphatic hydroxyl groups excluding tert-OH is 1. The second kappa shape index (κ2) is 41.3. The van der Waals surface area contributed by atoms with Crippen LogP contribution in [0.4, 0.5) is 0 Å². The van der Waals surface area contributed by atoms with Crippen LogP contribution in [-0.2, 0) is 18.4 Å². The Morgan fingerprint density at radius 3 is 1.51 bits per heavy atom. The lowest BCUT2D eigenvalue weighted by atomic mass is 10.0. The van der Waals surface area contributed by atoms with Crippen molar-refractivity contribution in [3.8, 4) is 0 Å². The van der Waals surface area contributed by atoms with Gasteiger partial charge in [-0.2, -0.15) is 0 Å². The third kappa shape index (κ3) is 39.7. The Balaban J connectivity index is 4.38. The molecule has 5 N–H and O–H groups in total. The SMILES string of the molecule is CC/C=C\C/C=C\C/C=C\C/C=C\C/C=C\C/C=C\CCC(=O)NC(COP(=O)(O)OCCN)C(O)/C=C/CCCCCCCCCCCCCCCCC. The molecule has 3 unspecified atom stereocenters. The molecule has 0 rings (SSSR count). The molecule has 0 aromatic rings. The van der Waals surface area contributed by atoms with E-state index in [-0.39, 0.29) is 32.1 Å². The molecule has 316 valence electrons. The fraction of sp³-hybridized carbons (Fsp3) is 0.674. The molecule has 0 saturated carbocycles. The number of allylic oxidation sites excluding steroid dienone is 13. The number of hydrogen-bond acceptors (Lipinski definition) is 6. The first kappa shape index (κ1) is 52.7. The smallest absolute Gasteiger partial charge is 0.387 e. The number of nitrogens with two attached hydrogens (primary N) is 1. The van der Waals surface area contributed by atoms with Gasteiger partial charge in [0.15, 0.2) is 0 Å². The van der Waals surface area contributed by atoms with E-state index in [1.165, 1.54) is 83.5 Å². The van der Waals surface area contributed by atoms with Gasteiger partial charge in [0.2, 0.25) is 5.91 Å². The summed E-state index contributed by atoms with van der Waals surface area (Å²) in [5, 5.41) is 13.6. The van der Waals surface area contributed by atoms with E-state index in [1.807, 2.05) is 18.2 Å². The minimum absolute atomic E-state index is 0.0628. The van der Waals surface area contributed by atoms with Crippen molar-refractivity contribution in [2.45, 2.75) is 180 Å². The number of hydrogen-bond donors (Lipinski definition) is 4. The van der Waals surface area contributed by atoms with Gasteiger partial charge in [0.05, 0.1) is 25.4 Å². The average Bonchev–Trinajstić information content (AvgIpc) is 3.17. The summed E-state index contributed by atoms with van der Waals surface area (Å²) in [6, 6.07) is -0.906. The van der Waals surface area contributed by atoms with Gasteiger partial charge in [-0.05, 0) is 57.8 Å². The molecule has 9 heteroatoms. The van der Waals surface area contributed by atoms with Gasteiger partial charge in [0.1, 0.15) is 0 Å². The van der Waals surface area contributed by atoms with Crippen molar-refractivity contribution in [1.82, 2.24) is 5.32 Å². The predicted octanol–water partition coefficient (Wildman–Crippen LogP) is 12.2. The molecule has 0 heterocycles. The molecule has 0 radical (unpaired) electrons. The summed E-state index contributed by atoms with van der Waals surface area (Å²) in [5.74, 6) is -0.279. The van der Waals surface area contributed by atoms with Crippen LogP contribution in [0.3, 0.4) is 0 Å². The first-order chi connectivity index (χ1) is 26.9. The molecule has 0 bridgehead atoms. The Labute approximate surface area is 337 Å². The zero-order valence-electron chi connectivity index (χ0n) is 34.9. The number of amides is 1. The van der Waals surface area contributed by atoms with Gasteiger partial charge in [-0.15, -0.1) is 0 Å². The molecular formula is C46H81N2O6P. The predicted molar refractivity (Wildman–Crippen MR) is 235 cm³/mol. The van der Waals surface area contributed by atoms with Crippen LogP contribution in [0, 0.1) is 0 Å². The highest BCUT2D eigenvalue weighted by molar-refractivity contribution is 7.47. The molecule has 1 amide bonds. The van der Waals surface area contributed by atoms with E-state index >= 15 is 0 Å². The summed E-state index contributed by atoms with van der Waals surface area (Å²) in [7, 11) is -4.36. The standard InChI is InChI=1S/C46H81N2O6P/c1-3-5-7-9-11-13-15-17-19-21-22-24-26-28-30-32-34-36-38-40-46(50)48-44(43-54-55(51,52)53-42-41-47)45(49)39-37-35-33-31-29-27-25-23-20-18-16-14-12-10-8-6-4-2/h5,7,11,13,17,19,22,24,28,30,34,36-37,39,44-45,49H,3-4,6,8-10,12,14-16,18,20-21,23,25-27,29,31-33,35,38,40-43,47H2,1-2H3,(H,48,50)(H,51,52)/b7-5-,13-11-,19-17-,24-22-,30-28-,36-34-,39-37+. The van der Waals surface area contributed by atoms with E-state index in [0.29, 0.717) is 6.42 Å². The summed E-state index contributed by atoms with van der Waals surface area (Å²) >= 11 is 0. The summed E-state index contributed by atoms with van der Waals surface area (Å²) in [5.41, 5.74) is 5.37. The fourth-order valence-electron chi connectivity index (χ4n) is 5.74. The first-order valence-electron chi connectivity index (χ1n) is 21.7. The zero-order valence-corrected chi connectivity index (χ0v) is 35.8. The van der Waals surface area contributed by atoms with E-state index in [0.717, 1.165) is 57.8 Å². The van der Waals surface area contributed by atoms with Gasteiger partial charge in [0.25, 0.3) is 0 Å². The molecule has 0 aromatic carbocycles. The number of rotatable bonds is 39. The second-order valence-electron chi connectivity index (χ2n) is 14.2. The first-order valence-corrected chi connectivity index (χ1v) is 23.2. The van der Waals surface area contributed by atoms with Crippen LogP contribution < -0.4 is 11.1 Å². The zero-order chi connectivity index (χ0) is 40.3. The third-order valence-electron chi connectivity index (χ3n) is 8.99. The maximum atomic E-state index is 12.7. The summed E-state index contributed by atoms with van der Waals surface area (Å²) < 4.78 is 22.1. The minimum Gasteiger partial charge on any atom is -0.387 e. The normalized spacial score (nSPS) is 14.9. The summed E-state index contributed by atoms with van der Waals surface area (Å²) in [6.45, 7) is 3.95. The van der Waals surface area contributed by atoms with E-state index in [1.54, 1.807) is 6.08 Å². The minimum atomic E-state index is -4.36. The van der Waals surface area contributed by atoms with E-state index in [2.05, 4.69) is 79.9 Å². The number of aliphatic hydroxyl groups is 1. The Bertz CT molecular complexity index is 1130. The summed E-state index contributed by atoms with van der Waals surface area (Å²) in [4.78, 5) is 22.7. The average molecular weight is 789 g/mol. The van der Waals surface area contributed by atoms with Crippen molar-refractivity contribution in [2.75, 3.05) is 19.8 Å². The Hall–Kier alpha value is -2.32. The van der Waals surface area contributed by atoms with Gasteiger partial charge in [0, 0.05) is 13.0 Å². The van der Waals surface area contributed by atoms with Crippen LogP contribution in [0.15, 0.2) is 85.1 Å². The van der Waals surface area contributed by atoms with Crippen molar-refractivity contribution in [2.24, 2.45) is 5.73 Å². The monoisotopic (exact) mass is 789 g/mol. The molecule has 0 saturated heterocycles. The van der Waals surface area contributed by atoms with Crippen LogP contribution in [-0.4, -0.2) is 47.8 Å². The quantitative estimate of drug-likeness (QED) is 0.0277. The molecule has 0 spiro atoms. The van der Waals surface area contributed by atoms with Crippen LogP contribution in [0.2, 0.25) is 0 Å². The molecule has 0 aliphatic rings. The highest BCUT2D eigenvalue weighted by Gasteiger charge is 2.26. The molecule has 0 aliphatic carbocycles. The maximum Gasteiger partial charge on any atom is 0.472 e. The van der Waals surface area contributed by atoms with Crippen LogP contribution in [0.5, 0.6) is 0 Å².